The van der Waals surface area contributed by atoms with Gasteiger partial charge in [0.1, 0.15) is 6.04 Å². The third-order valence-electron chi connectivity index (χ3n) is 3.64. The number of methoxy groups -OCH3 is 1. The summed E-state index contributed by atoms with van der Waals surface area (Å²) in [5.74, 6) is -0.832. The molecule has 1 atom stereocenters. The lowest BCUT2D eigenvalue weighted by molar-refractivity contribution is -0.142. The molecule has 0 fully saturated rings. The number of carbonyl (C=O) groups excluding carboxylic acids is 2. The minimum absolute atomic E-state index is 0.0283. The Morgan fingerprint density at radius 3 is 2.16 bits per heavy atom. The van der Waals surface area contributed by atoms with Crippen LogP contribution in [0.5, 0.6) is 0 Å². The Labute approximate surface area is 146 Å². The van der Waals surface area contributed by atoms with Gasteiger partial charge in [-0.1, -0.05) is 42.5 Å². The summed E-state index contributed by atoms with van der Waals surface area (Å²) in [6.45, 7) is 1.40. The number of sulfonamides is 1. The first-order chi connectivity index (χ1) is 11.8. The van der Waals surface area contributed by atoms with Gasteiger partial charge in [-0.15, -0.1) is 0 Å². The minimum Gasteiger partial charge on any atom is -0.468 e. The molecule has 2 aromatic rings. The molecule has 0 amide bonds. The van der Waals surface area contributed by atoms with E-state index in [1.165, 1.54) is 38.3 Å². The largest absolute Gasteiger partial charge is 0.468 e. The molecule has 0 radical (unpaired) electrons. The van der Waals surface area contributed by atoms with Crippen molar-refractivity contribution in [3.8, 4) is 0 Å². The van der Waals surface area contributed by atoms with Gasteiger partial charge in [0, 0.05) is 5.56 Å². The number of nitrogens with one attached hydrogen (secondary N) is 1. The predicted octanol–water partition coefficient (Wildman–Crippen LogP) is 1.95. The highest BCUT2D eigenvalue weighted by Crippen LogP contribution is 2.13. The van der Waals surface area contributed by atoms with Crippen LogP contribution >= 0.6 is 0 Å². The Kier molecular flexibility index (Phi) is 6.06. The molecule has 6 nitrogen and oxygen atoms in total. The highest BCUT2D eigenvalue weighted by Gasteiger charge is 2.26. The maximum Gasteiger partial charge on any atom is 0.324 e. The van der Waals surface area contributed by atoms with Crippen LogP contribution < -0.4 is 4.72 Å². The Balaban J connectivity index is 2.24. The van der Waals surface area contributed by atoms with Crippen LogP contribution in [-0.2, 0) is 26.0 Å². The SMILES string of the molecule is COC(=O)[C@H](Cc1ccccc1)NS(=O)(=O)c1ccc(C(C)=O)cc1. The fourth-order valence-corrected chi connectivity index (χ4v) is 3.47. The number of carbonyl (C=O) groups is 2. The van der Waals surface area contributed by atoms with Gasteiger partial charge in [0.05, 0.1) is 12.0 Å². The number of Topliss-reactive ketones (excluding diaryl/α,β-unsaturated/α-hetero) is 1. The molecule has 25 heavy (non-hydrogen) atoms. The molecule has 0 aliphatic heterocycles. The van der Waals surface area contributed by atoms with E-state index in [0.717, 1.165) is 5.56 Å². The van der Waals surface area contributed by atoms with E-state index in [9.17, 15) is 18.0 Å². The molecule has 0 aliphatic carbocycles. The summed E-state index contributed by atoms with van der Waals surface area (Å²) in [6, 6.07) is 13.5. The molecule has 0 heterocycles. The van der Waals surface area contributed by atoms with E-state index >= 15 is 0 Å². The highest BCUT2D eigenvalue weighted by molar-refractivity contribution is 7.89. The molecule has 0 spiro atoms. The van der Waals surface area contributed by atoms with E-state index in [2.05, 4.69) is 4.72 Å². The molecule has 2 aromatic carbocycles. The second-order valence-electron chi connectivity index (χ2n) is 5.47. The van der Waals surface area contributed by atoms with Crippen LogP contribution in [0, 0.1) is 0 Å². The monoisotopic (exact) mass is 361 g/mol. The standard InChI is InChI=1S/C18H19NO5S/c1-13(20)15-8-10-16(11-9-15)25(22,23)19-17(18(21)24-2)12-14-6-4-3-5-7-14/h3-11,17,19H,12H2,1-2H3/t17-/m0/s1. The second-order valence-corrected chi connectivity index (χ2v) is 7.18. The van der Waals surface area contributed by atoms with Crippen molar-refractivity contribution < 1.29 is 22.7 Å². The number of hydrogen-bond acceptors (Lipinski definition) is 5. The molecule has 0 saturated heterocycles. The van der Waals surface area contributed by atoms with E-state index in [-0.39, 0.29) is 17.1 Å². The summed E-state index contributed by atoms with van der Waals surface area (Å²) in [4.78, 5) is 23.2. The van der Waals surface area contributed by atoms with Gasteiger partial charge in [0.2, 0.25) is 10.0 Å². The van der Waals surface area contributed by atoms with E-state index in [1.54, 1.807) is 24.3 Å². The Hall–Kier alpha value is -2.51. The van der Waals surface area contributed by atoms with Crippen LogP contribution in [0.1, 0.15) is 22.8 Å². The summed E-state index contributed by atoms with van der Waals surface area (Å²) in [5, 5.41) is 0. The van der Waals surface area contributed by atoms with Crippen LogP contribution in [0.4, 0.5) is 0 Å². The number of hydrogen-bond donors (Lipinski definition) is 1. The summed E-state index contributed by atoms with van der Waals surface area (Å²) in [6.07, 6.45) is 0.165. The lowest BCUT2D eigenvalue weighted by Gasteiger charge is -2.17. The zero-order chi connectivity index (χ0) is 18.4. The van der Waals surface area contributed by atoms with Gasteiger partial charge in [0.15, 0.2) is 5.78 Å². The molecule has 0 unspecified atom stereocenters. The van der Waals surface area contributed by atoms with Crippen LogP contribution in [-0.4, -0.2) is 33.3 Å². The van der Waals surface area contributed by atoms with Gasteiger partial charge in [-0.05, 0) is 31.0 Å². The fraction of sp³-hybridized carbons (Fsp3) is 0.222. The van der Waals surface area contributed by atoms with Crippen LogP contribution in [0.25, 0.3) is 0 Å². The first kappa shape index (κ1) is 18.8. The normalized spacial score (nSPS) is 12.4. The summed E-state index contributed by atoms with van der Waals surface area (Å²) in [5.41, 5.74) is 1.21. The van der Waals surface area contributed by atoms with E-state index in [4.69, 9.17) is 4.74 Å². The molecule has 2 rings (SSSR count). The Morgan fingerprint density at radius 2 is 1.64 bits per heavy atom. The average molecular weight is 361 g/mol. The third-order valence-corrected chi connectivity index (χ3v) is 5.12. The van der Waals surface area contributed by atoms with Crippen molar-refractivity contribution in [2.45, 2.75) is 24.3 Å². The number of esters is 1. The van der Waals surface area contributed by atoms with Crippen LogP contribution in [0.3, 0.4) is 0 Å². The van der Waals surface area contributed by atoms with Crippen molar-refractivity contribution in [3.63, 3.8) is 0 Å². The molecule has 1 N–H and O–H groups in total. The fourth-order valence-electron chi connectivity index (χ4n) is 2.29. The van der Waals surface area contributed by atoms with Crippen molar-refractivity contribution in [2.24, 2.45) is 0 Å². The Morgan fingerprint density at radius 1 is 1.04 bits per heavy atom. The number of rotatable bonds is 7. The van der Waals surface area contributed by atoms with E-state index < -0.39 is 22.0 Å². The van der Waals surface area contributed by atoms with Gasteiger partial charge < -0.3 is 4.74 Å². The number of ether oxygens (including phenoxy) is 1. The maximum atomic E-state index is 12.5. The van der Waals surface area contributed by atoms with Gasteiger partial charge >= 0.3 is 5.97 Å². The van der Waals surface area contributed by atoms with Crippen molar-refractivity contribution >= 4 is 21.8 Å². The van der Waals surface area contributed by atoms with E-state index in [0.29, 0.717) is 5.56 Å². The minimum atomic E-state index is -3.94. The van der Waals surface area contributed by atoms with Crippen molar-refractivity contribution in [3.05, 3.63) is 65.7 Å². The maximum absolute atomic E-state index is 12.5. The van der Waals surface area contributed by atoms with Crippen molar-refractivity contribution in [1.29, 1.82) is 0 Å². The topological polar surface area (TPSA) is 89.5 Å². The molecule has 7 heteroatoms. The molecular formula is C18H19NO5S. The number of benzene rings is 2. The van der Waals surface area contributed by atoms with Crippen LogP contribution in [0.15, 0.2) is 59.5 Å². The summed E-state index contributed by atoms with van der Waals surface area (Å²) >= 11 is 0. The van der Waals surface area contributed by atoms with Gasteiger partial charge in [-0.3, -0.25) is 9.59 Å². The van der Waals surface area contributed by atoms with Gasteiger partial charge in [-0.2, -0.15) is 4.72 Å². The summed E-state index contributed by atoms with van der Waals surface area (Å²) < 4.78 is 32.1. The smallest absolute Gasteiger partial charge is 0.324 e. The van der Waals surface area contributed by atoms with Crippen LogP contribution in [0.2, 0.25) is 0 Å². The van der Waals surface area contributed by atoms with E-state index in [1.807, 2.05) is 6.07 Å². The third kappa shape index (κ3) is 4.98. The average Bonchev–Trinajstić information content (AvgIpc) is 2.61. The molecule has 0 aromatic heterocycles. The first-order valence-corrected chi connectivity index (χ1v) is 9.07. The molecular weight excluding hydrogens is 342 g/mol. The van der Waals surface area contributed by atoms with Crippen molar-refractivity contribution in [2.75, 3.05) is 7.11 Å². The summed E-state index contributed by atoms with van der Waals surface area (Å²) in [7, 11) is -2.73. The van der Waals surface area contributed by atoms with Crippen molar-refractivity contribution in [1.82, 2.24) is 4.72 Å². The lowest BCUT2D eigenvalue weighted by Crippen LogP contribution is -2.42. The predicted molar refractivity (Wildman–Crippen MR) is 92.7 cm³/mol. The molecule has 0 aliphatic rings. The molecule has 0 bridgehead atoms. The molecule has 0 saturated carbocycles. The lowest BCUT2D eigenvalue weighted by atomic mass is 10.1. The zero-order valence-electron chi connectivity index (χ0n) is 13.9. The molecule has 132 valence electrons. The Bertz CT molecular complexity index is 845. The quantitative estimate of drug-likeness (QED) is 0.601. The zero-order valence-corrected chi connectivity index (χ0v) is 14.7. The first-order valence-electron chi connectivity index (χ1n) is 7.58. The number of ketones is 1. The van der Waals surface area contributed by atoms with Gasteiger partial charge in [0.25, 0.3) is 0 Å². The van der Waals surface area contributed by atoms with Gasteiger partial charge in [-0.25, -0.2) is 8.42 Å². The second kappa shape index (κ2) is 8.04. The highest BCUT2D eigenvalue weighted by atomic mass is 32.2.